The molecule has 0 bridgehead atoms. The van der Waals surface area contributed by atoms with Gasteiger partial charge in [-0.25, -0.2) is 0 Å². The van der Waals surface area contributed by atoms with Gasteiger partial charge in [-0.15, -0.1) is 10.2 Å². The molecule has 4 rings (SSSR count). The summed E-state index contributed by atoms with van der Waals surface area (Å²) >= 11 is 0. The molecular formula is C23H29N7O4. The molecule has 1 fully saturated rings. The van der Waals surface area contributed by atoms with E-state index in [1.807, 2.05) is 6.92 Å². The zero-order valence-electron chi connectivity index (χ0n) is 19.1. The third kappa shape index (κ3) is 5.66. The molecule has 0 spiro atoms. The van der Waals surface area contributed by atoms with Crippen LogP contribution in [-0.4, -0.2) is 66.2 Å². The number of aliphatic hydroxyl groups is 1. The van der Waals surface area contributed by atoms with Gasteiger partial charge in [-0.3, -0.25) is 14.6 Å². The van der Waals surface area contributed by atoms with Crippen molar-refractivity contribution in [1.29, 1.82) is 0 Å². The van der Waals surface area contributed by atoms with Crippen LogP contribution in [0.25, 0.3) is 11.6 Å². The molecule has 0 aliphatic heterocycles. The minimum absolute atomic E-state index is 0.0999. The van der Waals surface area contributed by atoms with Crippen molar-refractivity contribution >= 4 is 11.8 Å². The van der Waals surface area contributed by atoms with Crippen LogP contribution in [0.1, 0.15) is 49.5 Å². The normalized spacial score (nSPS) is 14.8. The van der Waals surface area contributed by atoms with Crippen LogP contribution in [0, 0.1) is 6.92 Å². The predicted molar refractivity (Wildman–Crippen MR) is 121 cm³/mol. The highest BCUT2D eigenvalue weighted by molar-refractivity contribution is 5.88. The first-order chi connectivity index (χ1) is 16.5. The smallest absolute Gasteiger partial charge is 0.247 e. The van der Waals surface area contributed by atoms with E-state index in [0.717, 1.165) is 25.7 Å². The molecule has 11 heteroatoms. The van der Waals surface area contributed by atoms with Crippen molar-refractivity contribution in [3.05, 3.63) is 48.0 Å². The Bertz CT molecular complexity index is 1090. The average Bonchev–Trinajstić information content (AvgIpc) is 3.60. The Morgan fingerprint density at radius 1 is 1.24 bits per heavy atom. The molecule has 3 aromatic rings. The minimum atomic E-state index is -0.863. The third-order valence-corrected chi connectivity index (χ3v) is 5.85. The van der Waals surface area contributed by atoms with E-state index in [4.69, 9.17) is 4.42 Å². The maximum absolute atomic E-state index is 13.4. The number of aryl methyl sites for hydroxylation is 1. The second-order valence-electron chi connectivity index (χ2n) is 8.39. The number of rotatable bonds is 10. The fraction of sp³-hybridized carbons (Fsp3) is 0.478. The number of aromatic nitrogens is 5. The van der Waals surface area contributed by atoms with Gasteiger partial charge < -0.3 is 19.7 Å². The number of amides is 2. The fourth-order valence-electron chi connectivity index (χ4n) is 4.18. The summed E-state index contributed by atoms with van der Waals surface area (Å²) in [6.45, 7) is 1.68. The standard InChI is InChI=1S/C23H29N7O4/c1-16-7-8-19(34-16)22-26-28-30(27-22)15-20(32)29(13-4-14-31)21(17-9-11-24-12-10-17)23(33)25-18-5-2-3-6-18/h7-12,18,21,31H,2-6,13-15H2,1H3,(H,25,33)/t21-/m1/s1. The molecule has 3 heterocycles. The van der Waals surface area contributed by atoms with Crippen molar-refractivity contribution in [3.63, 3.8) is 0 Å². The van der Waals surface area contributed by atoms with Crippen molar-refractivity contribution in [3.8, 4) is 11.6 Å². The minimum Gasteiger partial charge on any atom is -0.458 e. The van der Waals surface area contributed by atoms with Crippen LogP contribution in [0.3, 0.4) is 0 Å². The van der Waals surface area contributed by atoms with Gasteiger partial charge in [0.05, 0.1) is 0 Å². The molecule has 3 aromatic heterocycles. The second kappa shape index (κ2) is 11.0. The Morgan fingerprint density at radius 3 is 2.68 bits per heavy atom. The molecule has 0 saturated heterocycles. The Labute approximate surface area is 197 Å². The summed E-state index contributed by atoms with van der Waals surface area (Å²) in [5, 5.41) is 24.7. The highest BCUT2D eigenvalue weighted by atomic mass is 16.3. The van der Waals surface area contributed by atoms with E-state index in [0.29, 0.717) is 23.5 Å². The zero-order valence-corrected chi connectivity index (χ0v) is 19.1. The summed E-state index contributed by atoms with van der Waals surface area (Å²) in [4.78, 5) is 33.5. The van der Waals surface area contributed by atoms with Gasteiger partial charge >= 0.3 is 0 Å². The number of carbonyl (C=O) groups excluding carboxylic acids is 2. The molecule has 180 valence electrons. The quantitative estimate of drug-likeness (QED) is 0.459. The summed E-state index contributed by atoms with van der Waals surface area (Å²) < 4.78 is 5.52. The lowest BCUT2D eigenvalue weighted by Gasteiger charge is -2.32. The molecule has 0 radical (unpaired) electrons. The highest BCUT2D eigenvalue weighted by Crippen LogP contribution is 2.25. The van der Waals surface area contributed by atoms with Gasteiger partial charge in [0, 0.05) is 31.6 Å². The molecule has 2 amide bonds. The Hall–Kier alpha value is -3.60. The predicted octanol–water partition coefficient (Wildman–Crippen LogP) is 1.65. The van der Waals surface area contributed by atoms with Crippen LogP contribution in [0.4, 0.5) is 0 Å². The highest BCUT2D eigenvalue weighted by Gasteiger charge is 2.33. The molecular weight excluding hydrogens is 438 g/mol. The first-order valence-electron chi connectivity index (χ1n) is 11.5. The van der Waals surface area contributed by atoms with Crippen LogP contribution in [0.2, 0.25) is 0 Å². The van der Waals surface area contributed by atoms with E-state index >= 15 is 0 Å². The number of nitrogens with one attached hydrogen (secondary N) is 1. The van der Waals surface area contributed by atoms with Gasteiger partial charge in [0.15, 0.2) is 5.76 Å². The lowest BCUT2D eigenvalue weighted by Crippen LogP contribution is -2.47. The van der Waals surface area contributed by atoms with Gasteiger partial charge in [0.25, 0.3) is 0 Å². The molecule has 2 N–H and O–H groups in total. The van der Waals surface area contributed by atoms with Crippen molar-refractivity contribution in [2.24, 2.45) is 0 Å². The van der Waals surface area contributed by atoms with Crippen LogP contribution >= 0.6 is 0 Å². The van der Waals surface area contributed by atoms with Gasteiger partial charge in [-0.05, 0) is 61.2 Å². The summed E-state index contributed by atoms with van der Waals surface area (Å²) in [5.74, 6) is 0.830. The lowest BCUT2D eigenvalue weighted by atomic mass is 10.0. The Morgan fingerprint density at radius 2 is 2.00 bits per heavy atom. The van der Waals surface area contributed by atoms with Gasteiger partial charge in [0.1, 0.15) is 18.3 Å². The molecule has 0 unspecified atom stereocenters. The monoisotopic (exact) mass is 467 g/mol. The molecule has 1 aliphatic carbocycles. The maximum Gasteiger partial charge on any atom is 0.247 e. The van der Waals surface area contributed by atoms with E-state index in [9.17, 15) is 14.7 Å². The summed E-state index contributed by atoms with van der Waals surface area (Å²) in [6, 6.07) is 6.21. The van der Waals surface area contributed by atoms with Crippen molar-refractivity contribution in [2.75, 3.05) is 13.2 Å². The van der Waals surface area contributed by atoms with Crippen molar-refractivity contribution < 1.29 is 19.1 Å². The lowest BCUT2D eigenvalue weighted by molar-refractivity contribution is -0.142. The zero-order chi connectivity index (χ0) is 23.9. The van der Waals surface area contributed by atoms with Gasteiger partial charge in [-0.2, -0.15) is 4.80 Å². The number of carbonyl (C=O) groups is 2. The molecule has 0 aromatic carbocycles. The van der Waals surface area contributed by atoms with Crippen LogP contribution in [0.15, 0.2) is 41.1 Å². The number of nitrogens with zero attached hydrogens (tertiary/aromatic N) is 6. The molecule has 1 saturated carbocycles. The molecule has 1 atom stereocenters. The van der Waals surface area contributed by atoms with Gasteiger partial charge in [-0.1, -0.05) is 12.8 Å². The van der Waals surface area contributed by atoms with Crippen LogP contribution in [0.5, 0.6) is 0 Å². The van der Waals surface area contributed by atoms with Crippen molar-refractivity contribution in [1.82, 2.24) is 35.4 Å². The second-order valence-corrected chi connectivity index (χ2v) is 8.39. The largest absolute Gasteiger partial charge is 0.458 e. The van der Waals surface area contributed by atoms with E-state index in [2.05, 4.69) is 25.7 Å². The number of hydrogen-bond acceptors (Lipinski definition) is 8. The number of pyridine rings is 1. The van der Waals surface area contributed by atoms with E-state index in [1.165, 1.54) is 9.70 Å². The third-order valence-electron chi connectivity index (χ3n) is 5.85. The molecule has 1 aliphatic rings. The first kappa shape index (κ1) is 23.6. The van der Waals surface area contributed by atoms with Crippen LogP contribution in [-0.2, 0) is 16.1 Å². The van der Waals surface area contributed by atoms with Crippen LogP contribution < -0.4 is 5.32 Å². The van der Waals surface area contributed by atoms with E-state index < -0.39 is 6.04 Å². The Balaban J connectivity index is 1.57. The first-order valence-corrected chi connectivity index (χ1v) is 11.5. The van der Waals surface area contributed by atoms with Crippen molar-refractivity contribution in [2.45, 2.75) is 57.7 Å². The van der Waals surface area contributed by atoms with Gasteiger partial charge in [0.2, 0.25) is 17.6 Å². The molecule has 34 heavy (non-hydrogen) atoms. The Kier molecular flexibility index (Phi) is 7.63. The maximum atomic E-state index is 13.4. The fourth-order valence-corrected chi connectivity index (χ4v) is 4.18. The summed E-state index contributed by atoms with van der Waals surface area (Å²) in [5.41, 5.74) is 0.648. The summed E-state index contributed by atoms with van der Waals surface area (Å²) in [7, 11) is 0. The number of hydrogen-bond donors (Lipinski definition) is 2. The van der Waals surface area contributed by atoms with E-state index in [1.54, 1.807) is 36.7 Å². The molecule has 11 nitrogen and oxygen atoms in total. The van der Waals surface area contributed by atoms with E-state index in [-0.39, 0.29) is 43.4 Å². The average molecular weight is 468 g/mol. The summed E-state index contributed by atoms with van der Waals surface area (Å²) in [6.07, 6.45) is 7.52. The number of furan rings is 1. The number of aliphatic hydroxyl groups excluding tert-OH is 1. The topological polar surface area (TPSA) is 139 Å². The number of tetrazole rings is 1. The SMILES string of the molecule is Cc1ccc(-c2nnn(CC(=O)N(CCCO)[C@@H](C(=O)NC3CCCC3)c3ccncc3)n2)o1.